The van der Waals surface area contributed by atoms with Crippen molar-refractivity contribution < 1.29 is 19.5 Å². The smallest absolute Gasteiger partial charge is 0.352 e. The van der Waals surface area contributed by atoms with Crippen molar-refractivity contribution >= 4 is 41.3 Å². The van der Waals surface area contributed by atoms with Gasteiger partial charge in [0, 0.05) is 18.6 Å². The summed E-state index contributed by atoms with van der Waals surface area (Å²) in [5.74, 6) is -1.30. The summed E-state index contributed by atoms with van der Waals surface area (Å²) in [6.07, 6.45) is 1.42. The molecule has 31 heavy (non-hydrogen) atoms. The minimum absolute atomic E-state index is 0.0266. The number of nitrogens with one attached hydrogen (secondary N) is 1. The van der Waals surface area contributed by atoms with Crippen LogP contribution < -0.4 is 11.1 Å². The minimum atomic E-state index is -1.17. The molecule has 2 aliphatic heterocycles. The lowest BCUT2D eigenvalue weighted by atomic mass is 10.0. The van der Waals surface area contributed by atoms with Gasteiger partial charge >= 0.3 is 5.97 Å². The van der Waals surface area contributed by atoms with Gasteiger partial charge in [0.2, 0.25) is 5.91 Å². The number of thioether (sulfide) groups is 2. The average molecular weight is 461 g/mol. The summed E-state index contributed by atoms with van der Waals surface area (Å²) < 4.78 is 1.60. The molecule has 0 radical (unpaired) electrons. The number of nitrogens with two attached hydrogens (primary N) is 1. The van der Waals surface area contributed by atoms with Crippen molar-refractivity contribution in [2.75, 3.05) is 11.5 Å². The van der Waals surface area contributed by atoms with E-state index in [9.17, 15) is 19.5 Å². The van der Waals surface area contributed by atoms with E-state index in [1.165, 1.54) is 34.8 Å². The summed E-state index contributed by atoms with van der Waals surface area (Å²) in [7, 11) is 1.75. The monoisotopic (exact) mass is 460 g/mol. The number of β-lactam (4-membered cyclic amide) rings is 1. The molecule has 2 unspecified atom stereocenters. The van der Waals surface area contributed by atoms with Crippen LogP contribution in [-0.4, -0.2) is 65.5 Å². The highest BCUT2D eigenvalue weighted by molar-refractivity contribution is 8.01. The molecule has 2 aromatic rings. The Labute approximate surface area is 186 Å². The summed E-state index contributed by atoms with van der Waals surface area (Å²) in [6.45, 7) is 0. The maximum atomic E-state index is 12.8. The molecule has 0 bridgehead atoms. The van der Waals surface area contributed by atoms with E-state index in [2.05, 4.69) is 15.4 Å². The molecular formula is C19H20N6O4S2. The van der Waals surface area contributed by atoms with E-state index in [0.29, 0.717) is 27.8 Å². The quantitative estimate of drug-likeness (QED) is 0.394. The molecule has 3 atom stereocenters. The molecule has 1 saturated heterocycles. The third-order valence-corrected chi connectivity index (χ3v) is 7.49. The van der Waals surface area contributed by atoms with E-state index in [0.717, 1.165) is 0 Å². The summed E-state index contributed by atoms with van der Waals surface area (Å²) in [5, 5.41) is 16.6. The van der Waals surface area contributed by atoms with Crippen LogP contribution in [0.2, 0.25) is 0 Å². The van der Waals surface area contributed by atoms with Crippen molar-refractivity contribution in [2.45, 2.75) is 22.6 Å². The normalized spacial score (nSPS) is 21.4. The number of fused-ring (bicyclic) bond motifs is 1. The number of aliphatic carboxylic acids is 1. The number of hydrogen-bond donors (Lipinski definition) is 3. The van der Waals surface area contributed by atoms with E-state index in [-0.39, 0.29) is 5.70 Å². The Kier molecular flexibility index (Phi) is 6.03. The Morgan fingerprint density at radius 1 is 1.39 bits per heavy atom. The fourth-order valence-electron chi connectivity index (χ4n) is 3.42. The molecule has 0 saturated carbocycles. The van der Waals surface area contributed by atoms with Crippen LogP contribution >= 0.6 is 23.5 Å². The van der Waals surface area contributed by atoms with Crippen molar-refractivity contribution in [3.8, 4) is 0 Å². The predicted molar refractivity (Wildman–Crippen MR) is 115 cm³/mol. The number of rotatable bonds is 7. The van der Waals surface area contributed by atoms with Crippen LogP contribution in [0.3, 0.4) is 0 Å². The minimum Gasteiger partial charge on any atom is -0.477 e. The molecule has 12 heteroatoms. The van der Waals surface area contributed by atoms with Crippen molar-refractivity contribution in [3.05, 3.63) is 53.5 Å². The topological polar surface area (TPSA) is 143 Å². The van der Waals surface area contributed by atoms with Gasteiger partial charge in [0.25, 0.3) is 5.91 Å². The SMILES string of the molecule is Cn1ncnc1SCC1=C(C(=O)O)N2C(=O)C(NC(=O)C(N)c3ccccc3)[C@H]2SC1. The number of benzene rings is 1. The number of carboxylic acid groups (broad SMARTS) is 1. The van der Waals surface area contributed by atoms with E-state index in [4.69, 9.17) is 5.73 Å². The number of aromatic nitrogens is 3. The summed E-state index contributed by atoms with van der Waals surface area (Å²) in [6, 6.07) is 7.13. The first-order chi connectivity index (χ1) is 14.9. The maximum absolute atomic E-state index is 12.8. The molecule has 1 fully saturated rings. The number of carboxylic acids is 1. The summed E-state index contributed by atoms with van der Waals surface area (Å²) >= 11 is 2.77. The van der Waals surface area contributed by atoms with Gasteiger partial charge in [-0.1, -0.05) is 42.1 Å². The van der Waals surface area contributed by atoms with Gasteiger partial charge in [-0.05, 0) is 11.1 Å². The van der Waals surface area contributed by atoms with E-state index >= 15 is 0 Å². The Morgan fingerprint density at radius 2 is 2.13 bits per heavy atom. The van der Waals surface area contributed by atoms with E-state index in [1.807, 2.05) is 6.07 Å². The third kappa shape index (κ3) is 4.05. The molecule has 10 nitrogen and oxygen atoms in total. The second-order valence-corrected chi connectivity index (χ2v) is 9.04. The van der Waals surface area contributed by atoms with E-state index in [1.54, 1.807) is 36.0 Å². The molecule has 162 valence electrons. The first kappa shape index (κ1) is 21.4. The molecular weight excluding hydrogens is 440 g/mol. The van der Waals surface area contributed by atoms with Gasteiger partial charge in [-0.2, -0.15) is 5.10 Å². The fourth-order valence-corrected chi connectivity index (χ4v) is 5.79. The molecule has 0 spiro atoms. The first-order valence-corrected chi connectivity index (χ1v) is 11.4. The highest BCUT2D eigenvalue weighted by Gasteiger charge is 2.54. The lowest BCUT2D eigenvalue weighted by Gasteiger charge is -2.49. The standard InChI is InChI=1S/C19H20N6O4S2/c1-24-19(21-9-22-24)31-8-11-7-30-17-13(16(27)25(17)14(11)18(28)29)23-15(26)12(20)10-5-3-2-4-6-10/h2-6,9,12-13,17H,7-8,20H2,1H3,(H,23,26)(H,28,29)/t12?,13?,17-/m1/s1. The predicted octanol–water partition coefficient (Wildman–Crippen LogP) is 0.346. The molecule has 2 aliphatic rings. The van der Waals surface area contributed by atoms with Crippen molar-refractivity contribution in [1.29, 1.82) is 0 Å². The number of carbonyl (C=O) groups is 3. The number of amides is 2. The van der Waals surface area contributed by atoms with Crippen LogP contribution in [0.25, 0.3) is 0 Å². The second kappa shape index (κ2) is 8.73. The van der Waals surface area contributed by atoms with Crippen LogP contribution in [0, 0.1) is 0 Å². The lowest BCUT2D eigenvalue weighted by molar-refractivity contribution is -0.150. The molecule has 1 aromatic heterocycles. The zero-order chi connectivity index (χ0) is 22.1. The molecule has 3 heterocycles. The highest BCUT2D eigenvalue weighted by atomic mass is 32.2. The van der Waals surface area contributed by atoms with Crippen molar-refractivity contribution in [3.63, 3.8) is 0 Å². The Bertz CT molecular complexity index is 1060. The Morgan fingerprint density at radius 3 is 2.77 bits per heavy atom. The van der Waals surface area contributed by atoms with Gasteiger partial charge in [0.15, 0.2) is 5.16 Å². The van der Waals surface area contributed by atoms with E-state index < -0.39 is 35.2 Å². The molecule has 2 amide bonds. The summed E-state index contributed by atoms with van der Waals surface area (Å²) in [4.78, 5) is 42.6. The Balaban J connectivity index is 1.46. The fraction of sp³-hybridized carbons (Fsp3) is 0.316. The van der Waals surface area contributed by atoms with Crippen LogP contribution in [0.4, 0.5) is 0 Å². The molecule has 4 rings (SSSR count). The van der Waals surface area contributed by atoms with Crippen LogP contribution in [0.5, 0.6) is 0 Å². The number of nitrogens with zero attached hydrogens (tertiary/aromatic N) is 4. The van der Waals surface area contributed by atoms with Crippen LogP contribution in [0.1, 0.15) is 11.6 Å². The van der Waals surface area contributed by atoms with Gasteiger partial charge in [-0.15, -0.1) is 11.8 Å². The highest BCUT2D eigenvalue weighted by Crippen LogP contribution is 2.41. The van der Waals surface area contributed by atoms with Crippen LogP contribution in [0.15, 0.2) is 53.1 Å². The van der Waals surface area contributed by atoms with Crippen molar-refractivity contribution in [1.82, 2.24) is 25.0 Å². The number of aryl methyl sites for hydroxylation is 1. The zero-order valence-corrected chi connectivity index (χ0v) is 18.1. The van der Waals surface area contributed by atoms with Crippen LogP contribution in [-0.2, 0) is 21.4 Å². The average Bonchev–Trinajstić information content (AvgIpc) is 3.19. The molecule has 1 aromatic carbocycles. The number of hydrogen-bond acceptors (Lipinski definition) is 8. The van der Waals surface area contributed by atoms with Gasteiger partial charge in [0.05, 0.1) is 0 Å². The zero-order valence-electron chi connectivity index (χ0n) is 16.5. The number of carbonyl (C=O) groups excluding carboxylic acids is 2. The maximum Gasteiger partial charge on any atom is 0.352 e. The Hall–Kier alpha value is -2.83. The molecule has 4 N–H and O–H groups in total. The van der Waals surface area contributed by atoms with Gasteiger partial charge < -0.3 is 16.2 Å². The third-order valence-electron chi connectivity index (χ3n) is 5.03. The lowest BCUT2D eigenvalue weighted by Crippen LogP contribution is -2.71. The first-order valence-electron chi connectivity index (χ1n) is 9.36. The second-order valence-electron chi connectivity index (χ2n) is 7.00. The van der Waals surface area contributed by atoms with Crippen molar-refractivity contribution in [2.24, 2.45) is 12.8 Å². The van der Waals surface area contributed by atoms with Gasteiger partial charge in [0.1, 0.15) is 29.5 Å². The van der Waals surface area contributed by atoms with Gasteiger partial charge in [-0.25, -0.2) is 14.5 Å². The molecule has 0 aliphatic carbocycles. The van der Waals surface area contributed by atoms with Gasteiger partial charge in [-0.3, -0.25) is 14.5 Å². The largest absolute Gasteiger partial charge is 0.477 e. The summed E-state index contributed by atoms with van der Waals surface area (Å²) in [5.41, 5.74) is 7.24.